The monoisotopic (exact) mass is 136 g/mol. The van der Waals surface area contributed by atoms with E-state index in [9.17, 15) is 0 Å². The predicted molar refractivity (Wildman–Crippen MR) is 44.9 cm³/mol. The Balaban J connectivity index is 2.91. The van der Waals surface area contributed by atoms with Crippen molar-refractivity contribution in [1.82, 2.24) is 9.97 Å². The fourth-order valence-electron chi connectivity index (χ4n) is 1.14. The van der Waals surface area contributed by atoms with Gasteiger partial charge in [-0.2, -0.15) is 0 Å². The zero-order valence-corrected chi connectivity index (χ0v) is 6.28. The molecule has 0 aliphatic carbocycles. The molecule has 2 aromatic rings. The summed E-state index contributed by atoms with van der Waals surface area (Å²) >= 11 is 2.04. The van der Waals surface area contributed by atoms with Gasteiger partial charge in [-0.1, -0.05) is 0 Å². The molecule has 0 spiro atoms. The predicted octanol–water partition coefficient (Wildman–Crippen LogP) is 0.424. The Morgan fingerprint density at radius 2 is 1.91 bits per heavy atom. The summed E-state index contributed by atoms with van der Waals surface area (Å²) in [7, 11) is 0. The second kappa shape index (κ2) is 2.65. The van der Waals surface area contributed by atoms with Crippen LogP contribution in [0, 0.1) is 0 Å². The molecule has 11 heavy (non-hydrogen) atoms. The molecule has 2 nitrogen and oxygen atoms in total. The molecule has 0 radical (unpaired) electrons. The van der Waals surface area contributed by atoms with Gasteiger partial charge in [-0.15, -0.1) is 0 Å². The van der Waals surface area contributed by atoms with E-state index in [4.69, 9.17) is 0 Å². The van der Waals surface area contributed by atoms with E-state index >= 15 is 0 Å². The van der Waals surface area contributed by atoms with E-state index in [1.165, 1.54) is 4.24 Å². The van der Waals surface area contributed by atoms with E-state index in [0.29, 0.717) is 0 Å². The Bertz CT molecular complexity index is 381. The summed E-state index contributed by atoms with van der Waals surface area (Å²) in [4.78, 5) is 8.40. The van der Waals surface area contributed by atoms with Gasteiger partial charge in [0.15, 0.2) is 0 Å². The normalized spacial score (nSPS) is 10.4. The quantitative estimate of drug-likeness (QED) is 0.490. The van der Waals surface area contributed by atoms with E-state index in [0.717, 1.165) is 11.0 Å². The molecule has 0 N–H and O–H groups in total. The zero-order chi connectivity index (χ0) is 7.68. The van der Waals surface area contributed by atoms with E-state index in [-0.39, 0.29) is 0 Å². The van der Waals surface area contributed by atoms with Gasteiger partial charge < -0.3 is 0 Å². The van der Waals surface area contributed by atoms with E-state index in [1.807, 2.05) is 35.9 Å². The number of hydrogen-bond donors (Lipinski definition) is 0. The minimum atomic E-state index is 0.965. The van der Waals surface area contributed by atoms with Crippen LogP contribution in [0.1, 0.15) is 0 Å². The molecular formula is C8H5LiN2. The van der Waals surface area contributed by atoms with Gasteiger partial charge in [-0.05, 0) is 0 Å². The standard InChI is InChI=1S/C8H5N2.Li/c1-2-4-8-7(3-1)9-5-6-10-8;/h1-3,5-6H;. The molecule has 0 bridgehead atoms. The first kappa shape index (κ1) is 6.84. The van der Waals surface area contributed by atoms with Crippen LogP contribution in [0.15, 0.2) is 30.6 Å². The summed E-state index contributed by atoms with van der Waals surface area (Å²) in [6.07, 6.45) is 3.43. The number of benzene rings is 1. The molecule has 0 saturated heterocycles. The summed E-state index contributed by atoms with van der Waals surface area (Å²) < 4.78 is 1.18. The number of nitrogens with zero attached hydrogens (tertiary/aromatic N) is 2. The van der Waals surface area contributed by atoms with Crippen molar-refractivity contribution in [2.75, 3.05) is 0 Å². The molecule has 0 amide bonds. The molecule has 0 aliphatic rings. The summed E-state index contributed by atoms with van der Waals surface area (Å²) in [6, 6.07) is 6.00. The van der Waals surface area contributed by atoms with Crippen molar-refractivity contribution in [1.29, 1.82) is 0 Å². The van der Waals surface area contributed by atoms with Gasteiger partial charge >= 0.3 is 73.5 Å². The third kappa shape index (κ3) is 1.15. The maximum atomic E-state index is 4.22. The van der Waals surface area contributed by atoms with Gasteiger partial charge in [0.05, 0.1) is 0 Å². The molecule has 0 saturated carbocycles. The first-order chi connectivity index (χ1) is 5.38. The second-order valence-corrected chi connectivity index (χ2v) is 2.50. The van der Waals surface area contributed by atoms with Gasteiger partial charge in [-0.25, -0.2) is 0 Å². The second-order valence-electron chi connectivity index (χ2n) is 2.50. The van der Waals surface area contributed by atoms with Gasteiger partial charge in [0, 0.05) is 0 Å². The van der Waals surface area contributed by atoms with Crippen molar-refractivity contribution in [3.05, 3.63) is 30.6 Å². The van der Waals surface area contributed by atoms with E-state index in [1.54, 1.807) is 12.4 Å². The van der Waals surface area contributed by atoms with Gasteiger partial charge in [0.25, 0.3) is 0 Å². The summed E-state index contributed by atoms with van der Waals surface area (Å²) in [6.45, 7) is 0. The third-order valence-corrected chi connectivity index (χ3v) is 1.70. The third-order valence-electron chi connectivity index (χ3n) is 1.70. The Labute approximate surface area is 73.9 Å². The zero-order valence-electron chi connectivity index (χ0n) is 6.28. The van der Waals surface area contributed by atoms with Gasteiger partial charge in [0.2, 0.25) is 0 Å². The fraction of sp³-hybridized carbons (Fsp3) is 0. The number of hydrogen-bond acceptors (Lipinski definition) is 2. The average molecular weight is 136 g/mol. The summed E-state index contributed by atoms with van der Waals surface area (Å²) in [5.74, 6) is 0. The molecule has 1 heterocycles. The summed E-state index contributed by atoms with van der Waals surface area (Å²) in [5, 5.41) is 0. The molecule has 48 valence electrons. The number of para-hydroxylation sites is 1. The maximum absolute atomic E-state index is 4.22. The van der Waals surface area contributed by atoms with Crippen molar-refractivity contribution < 1.29 is 0 Å². The first-order valence-electron chi connectivity index (χ1n) is 3.54. The SMILES string of the molecule is [Li][c]1cccc2nccnc12. The van der Waals surface area contributed by atoms with Crippen LogP contribution in [0.5, 0.6) is 0 Å². The van der Waals surface area contributed by atoms with E-state index in [2.05, 4.69) is 9.97 Å². The molecule has 2 rings (SSSR count). The Morgan fingerprint density at radius 3 is 2.73 bits per heavy atom. The molecule has 0 fully saturated rings. The molecule has 0 aliphatic heterocycles. The first-order valence-corrected chi connectivity index (χ1v) is 3.54. The van der Waals surface area contributed by atoms with Crippen molar-refractivity contribution in [3.8, 4) is 0 Å². The Morgan fingerprint density at radius 1 is 1.09 bits per heavy atom. The van der Waals surface area contributed by atoms with Crippen LogP contribution in [0.4, 0.5) is 0 Å². The van der Waals surface area contributed by atoms with Crippen molar-refractivity contribution in [2.45, 2.75) is 0 Å². The van der Waals surface area contributed by atoms with Gasteiger partial charge in [-0.3, -0.25) is 0 Å². The Kier molecular flexibility index (Phi) is 1.65. The van der Waals surface area contributed by atoms with Crippen molar-refractivity contribution in [2.24, 2.45) is 0 Å². The molecule has 0 unspecified atom stereocenters. The van der Waals surface area contributed by atoms with Gasteiger partial charge in [0.1, 0.15) is 0 Å². The van der Waals surface area contributed by atoms with Crippen molar-refractivity contribution in [3.63, 3.8) is 0 Å². The van der Waals surface area contributed by atoms with Crippen LogP contribution in [0.25, 0.3) is 11.0 Å². The molecule has 1 aromatic carbocycles. The van der Waals surface area contributed by atoms with Crippen LogP contribution in [-0.2, 0) is 0 Å². The molecule has 0 atom stereocenters. The number of fused-ring (bicyclic) bond motifs is 1. The van der Waals surface area contributed by atoms with Crippen LogP contribution in [0.2, 0.25) is 0 Å². The van der Waals surface area contributed by atoms with Crippen LogP contribution >= 0.6 is 0 Å². The number of rotatable bonds is 0. The molecule has 1 aromatic heterocycles. The van der Waals surface area contributed by atoms with Crippen LogP contribution < -0.4 is 4.24 Å². The molecular weight excluding hydrogens is 131 g/mol. The van der Waals surface area contributed by atoms with Crippen LogP contribution in [-0.4, -0.2) is 27.7 Å². The minimum absolute atomic E-state index is 0.965. The average Bonchev–Trinajstić information content (AvgIpc) is 2.06. The van der Waals surface area contributed by atoms with Crippen molar-refractivity contribution >= 4 is 33.0 Å². The fourth-order valence-corrected chi connectivity index (χ4v) is 1.14. The summed E-state index contributed by atoms with van der Waals surface area (Å²) in [5.41, 5.74) is 1.96. The van der Waals surface area contributed by atoms with Crippen LogP contribution in [0.3, 0.4) is 0 Å². The molecule has 3 heteroatoms. The topological polar surface area (TPSA) is 25.8 Å². The van der Waals surface area contributed by atoms with E-state index < -0.39 is 0 Å². The number of aromatic nitrogens is 2. The Hall–Kier alpha value is -0.843.